The number of aromatic nitrogens is 3. The van der Waals surface area contributed by atoms with E-state index in [9.17, 15) is 10.1 Å². The molecule has 2 heterocycles. The number of nitrogens with one attached hydrogen (secondary N) is 2. The van der Waals surface area contributed by atoms with Crippen LogP contribution in [0.25, 0.3) is 0 Å². The topological polar surface area (TPSA) is 106 Å². The van der Waals surface area contributed by atoms with Crippen LogP contribution in [-0.2, 0) is 6.54 Å². The fourth-order valence-electron chi connectivity index (χ4n) is 2.27. The van der Waals surface area contributed by atoms with E-state index >= 15 is 0 Å². The molecule has 0 spiro atoms. The maximum Gasteiger partial charge on any atom is 0.353 e. The molecule has 0 saturated carbocycles. The molecule has 0 saturated heterocycles. The second kappa shape index (κ2) is 7.75. The van der Waals surface area contributed by atoms with Gasteiger partial charge in [-0.05, 0) is 24.6 Å². The number of hydrogen-bond donors (Lipinski definition) is 2. The lowest BCUT2D eigenvalue weighted by Gasteiger charge is -2.10. The van der Waals surface area contributed by atoms with Gasteiger partial charge in [0.15, 0.2) is 5.15 Å². The van der Waals surface area contributed by atoms with Gasteiger partial charge in [-0.25, -0.2) is 15.0 Å². The molecule has 0 atom stereocenters. The minimum atomic E-state index is -0.538. The molecule has 3 rings (SSSR count). The van der Waals surface area contributed by atoms with E-state index in [1.165, 1.54) is 12.5 Å². The van der Waals surface area contributed by atoms with Gasteiger partial charge in [-0.15, -0.1) is 0 Å². The Hall–Kier alpha value is -3.26. The summed E-state index contributed by atoms with van der Waals surface area (Å²) in [6.45, 7) is 2.39. The molecule has 3 aromatic rings. The van der Waals surface area contributed by atoms with Crippen LogP contribution in [0.5, 0.6) is 0 Å². The summed E-state index contributed by atoms with van der Waals surface area (Å²) in [6.07, 6.45) is 2.77. The van der Waals surface area contributed by atoms with Crippen LogP contribution in [0.4, 0.5) is 23.0 Å². The Labute approximate surface area is 154 Å². The number of anilines is 3. The van der Waals surface area contributed by atoms with Crippen LogP contribution in [0.1, 0.15) is 11.1 Å². The number of pyridine rings is 1. The highest BCUT2D eigenvalue weighted by molar-refractivity contribution is 6.32. The fraction of sp³-hybridized carbons (Fsp3) is 0.118. The van der Waals surface area contributed by atoms with Crippen molar-refractivity contribution in [3.63, 3.8) is 0 Å². The first kappa shape index (κ1) is 17.6. The predicted molar refractivity (Wildman–Crippen MR) is 99.7 cm³/mol. The van der Waals surface area contributed by atoms with Crippen molar-refractivity contribution in [3.8, 4) is 0 Å². The van der Waals surface area contributed by atoms with Crippen LogP contribution < -0.4 is 10.6 Å². The van der Waals surface area contributed by atoms with E-state index in [1.807, 2.05) is 31.2 Å². The van der Waals surface area contributed by atoms with Gasteiger partial charge in [0.25, 0.3) is 0 Å². The van der Waals surface area contributed by atoms with Crippen LogP contribution in [0, 0.1) is 17.0 Å². The zero-order chi connectivity index (χ0) is 18.5. The van der Waals surface area contributed by atoms with Crippen molar-refractivity contribution in [1.29, 1.82) is 0 Å². The summed E-state index contributed by atoms with van der Waals surface area (Å²) in [5.41, 5.74) is 2.27. The van der Waals surface area contributed by atoms with Crippen molar-refractivity contribution < 1.29 is 4.92 Å². The first-order valence-corrected chi connectivity index (χ1v) is 8.08. The Morgan fingerprint density at radius 3 is 2.54 bits per heavy atom. The minimum absolute atomic E-state index is 0.0336. The molecule has 0 amide bonds. The van der Waals surface area contributed by atoms with E-state index in [4.69, 9.17) is 11.6 Å². The molecule has 8 nitrogen and oxygen atoms in total. The van der Waals surface area contributed by atoms with Crippen molar-refractivity contribution in [1.82, 2.24) is 15.0 Å². The SMILES string of the molecule is Cc1ccc(CNc2ncnc(Nc3cccnc3Cl)c2[N+](=O)[O-])cc1. The summed E-state index contributed by atoms with van der Waals surface area (Å²) < 4.78 is 0. The van der Waals surface area contributed by atoms with Crippen LogP contribution in [0.2, 0.25) is 5.15 Å². The lowest BCUT2D eigenvalue weighted by atomic mass is 10.1. The van der Waals surface area contributed by atoms with Crippen molar-refractivity contribution in [2.75, 3.05) is 10.6 Å². The summed E-state index contributed by atoms with van der Waals surface area (Å²) in [4.78, 5) is 22.9. The highest BCUT2D eigenvalue weighted by Gasteiger charge is 2.23. The van der Waals surface area contributed by atoms with Crippen LogP contribution >= 0.6 is 11.6 Å². The molecule has 132 valence electrons. The maximum atomic E-state index is 11.6. The summed E-state index contributed by atoms with van der Waals surface area (Å²) in [7, 11) is 0. The van der Waals surface area contributed by atoms with Gasteiger partial charge < -0.3 is 10.6 Å². The number of halogens is 1. The molecule has 0 fully saturated rings. The van der Waals surface area contributed by atoms with Gasteiger partial charge in [-0.1, -0.05) is 41.4 Å². The molecule has 0 aliphatic rings. The normalized spacial score (nSPS) is 10.4. The molecular formula is C17H15ClN6O2. The van der Waals surface area contributed by atoms with Gasteiger partial charge in [0, 0.05) is 12.7 Å². The molecule has 0 bridgehead atoms. The fourth-order valence-corrected chi connectivity index (χ4v) is 2.44. The van der Waals surface area contributed by atoms with Gasteiger partial charge in [0.2, 0.25) is 11.6 Å². The molecule has 2 aromatic heterocycles. The monoisotopic (exact) mass is 370 g/mol. The molecule has 9 heteroatoms. The number of nitrogens with zero attached hydrogens (tertiary/aromatic N) is 4. The average Bonchev–Trinajstić information content (AvgIpc) is 2.63. The largest absolute Gasteiger partial charge is 0.360 e. The predicted octanol–water partition coefficient (Wildman–Crippen LogP) is 4.10. The van der Waals surface area contributed by atoms with E-state index in [0.29, 0.717) is 12.2 Å². The van der Waals surface area contributed by atoms with Gasteiger partial charge in [-0.3, -0.25) is 10.1 Å². The molecule has 0 aliphatic carbocycles. The second-order valence-electron chi connectivity index (χ2n) is 5.48. The number of benzene rings is 1. The Balaban J connectivity index is 1.87. The van der Waals surface area contributed by atoms with E-state index in [-0.39, 0.29) is 22.5 Å². The number of nitro groups is 1. The second-order valence-corrected chi connectivity index (χ2v) is 5.84. The lowest BCUT2D eigenvalue weighted by molar-refractivity contribution is -0.383. The number of hydrogen-bond acceptors (Lipinski definition) is 7. The van der Waals surface area contributed by atoms with E-state index < -0.39 is 4.92 Å². The van der Waals surface area contributed by atoms with Crippen LogP contribution in [0.3, 0.4) is 0 Å². The first-order chi connectivity index (χ1) is 12.5. The summed E-state index contributed by atoms with van der Waals surface area (Å²) in [5.74, 6) is 0.152. The van der Waals surface area contributed by atoms with Gasteiger partial charge in [0.05, 0.1) is 10.6 Å². The van der Waals surface area contributed by atoms with E-state index in [2.05, 4.69) is 25.6 Å². The third-order valence-electron chi connectivity index (χ3n) is 3.60. The minimum Gasteiger partial charge on any atom is -0.360 e. The Morgan fingerprint density at radius 2 is 1.85 bits per heavy atom. The molecule has 0 radical (unpaired) electrons. The Kier molecular flexibility index (Phi) is 5.23. The summed E-state index contributed by atoms with van der Waals surface area (Å²) in [6, 6.07) is 11.2. The molecule has 1 aromatic carbocycles. The molecule has 26 heavy (non-hydrogen) atoms. The third-order valence-corrected chi connectivity index (χ3v) is 3.90. The van der Waals surface area contributed by atoms with Crippen molar-refractivity contribution in [2.45, 2.75) is 13.5 Å². The van der Waals surface area contributed by atoms with Crippen molar-refractivity contribution >= 4 is 34.6 Å². The van der Waals surface area contributed by atoms with E-state index in [1.54, 1.807) is 12.1 Å². The Morgan fingerprint density at radius 1 is 1.12 bits per heavy atom. The van der Waals surface area contributed by atoms with Crippen molar-refractivity contribution in [3.05, 3.63) is 75.3 Å². The Bertz CT molecular complexity index is 933. The van der Waals surface area contributed by atoms with Gasteiger partial charge in [-0.2, -0.15) is 0 Å². The highest BCUT2D eigenvalue weighted by atomic mass is 35.5. The van der Waals surface area contributed by atoms with Gasteiger partial charge in [0.1, 0.15) is 6.33 Å². The quantitative estimate of drug-likeness (QED) is 0.382. The zero-order valence-corrected chi connectivity index (χ0v) is 14.6. The molecule has 0 unspecified atom stereocenters. The molecular weight excluding hydrogens is 356 g/mol. The third kappa shape index (κ3) is 4.04. The molecule has 2 N–H and O–H groups in total. The first-order valence-electron chi connectivity index (χ1n) is 7.71. The summed E-state index contributed by atoms with van der Waals surface area (Å²) in [5, 5.41) is 17.6. The highest BCUT2D eigenvalue weighted by Crippen LogP contribution is 2.32. The van der Waals surface area contributed by atoms with Gasteiger partial charge >= 0.3 is 5.69 Å². The maximum absolute atomic E-state index is 11.6. The smallest absolute Gasteiger partial charge is 0.353 e. The lowest BCUT2D eigenvalue weighted by Crippen LogP contribution is -2.08. The van der Waals surface area contributed by atoms with Crippen molar-refractivity contribution in [2.24, 2.45) is 0 Å². The number of aryl methyl sites for hydroxylation is 1. The van der Waals surface area contributed by atoms with Crippen LogP contribution in [-0.4, -0.2) is 19.9 Å². The zero-order valence-electron chi connectivity index (χ0n) is 13.8. The number of rotatable bonds is 6. The van der Waals surface area contributed by atoms with E-state index in [0.717, 1.165) is 11.1 Å². The average molecular weight is 371 g/mol. The standard InChI is InChI=1S/C17H15ClN6O2/c1-11-4-6-12(7-5-11)9-20-16-14(24(25)26)17(22-10-21-16)23-13-3-2-8-19-15(13)18/h2-8,10H,9H2,1H3,(H2,20,21,22,23). The van der Waals surface area contributed by atoms with Crippen LogP contribution in [0.15, 0.2) is 48.9 Å². The molecule has 0 aliphatic heterocycles. The summed E-state index contributed by atoms with van der Waals surface area (Å²) >= 11 is 6.00.